The number of ether oxygens (including phenoxy) is 1. The molecule has 0 spiro atoms. The Hall–Kier alpha value is -2.31. The maximum atomic E-state index is 14.1. The zero-order valence-corrected chi connectivity index (χ0v) is 17.1. The third-order valence-corrected chi connectivity index (χ3v) is 5.38. The average molecular weight is 388 g/mol. The molecule has 0 radical (unpaired) electrons. The molecule has 1 aliphatic heterocycles. The molecule has 4 rings (SSSR count). The number of aromatic nitrogens is 2. The summed E-state index contributed by atoms with van der Waals surface area (Å²) in [6.07, 6.45) is 5.03. The quantitative estimate of drug-likeness (QED) is 0.793. The lowest BCUT2D eigenvalue weighted by atomic mass is 10.0. The number of fused-ring (bicyclic) bond motifs is 1. The van der Waals surface area contributed by atoms with Gasteiger partial charge in [-0.1, -0.05) is 0 Å². The molecule has 2 fully saturated rings. The lowest BCUT2D eigenvalue weighted by molar-refractivity contribution is 0.0114. The van der Waals surface area contributed by atoms with Crippen LogP contribution in [0.3, 0.4) is 0 Å². The normalized spacial score (nSPS) is 18.5. The van der Waals surface area contributed by atoms with Crippen molar-refractivity contribution in [2.45, 2.75) is 71.1 Å². The van der Waals surface area contributed by atoms with Crippen molar-refractivity contribution in [3.63, 3.8) is 0 Å². The van der Waals surface area contributed by atoms with Crippen molar-refractivity contribution in [3.05, 3.63) is 29.8 Å². The summed E-state index contributed by atoms with van der Waals surface area (Å²) in [6.45, 7) is 9.18. The van der Waals surface area contributed by atoms with E-state index in [-0.39, 0.29) is 18.0 Å². The first kappa shape index (κ1) is 19.0. The van der Waals surface area contributed by atoms with Crippen LogP contribution in [0.4, 0.5) is 14.9 Å². The van der Waals surface area contributed by atoms with Crippen molar-refractivity contribution < 1.29 is 13.9 Å². The number of hydrogen-bond donors (Lipinski definition) is 0. The van der Waals surface area contributed by atoms with Crippen molar-refractivity contribution in [2.24, 2.45) is 0 Å². The van der Waals surface area contributed by atoms with E-state index in [0.717, 1.165) is 55.7 Å². The van der Waals surface area contributed by atoms with Crippen LogP contribution in [-0.2, 0) is 4.74 Å². The molecule has 7 heteroatoms. The fourth-order valence-electron chi connectivity index (χ4n) is 4.07. The fourth-order valence-corrected chi connectivity index (χ4v) is 4.07. The van der Waals surface area contributed by atoms with Gasteiger partial charge in [0.15, 0.2) is 0 Å². The summed E-state index contributed by atoms with van der Waals surface area (Å²) < 4.78 is 21.4. The number of pyridine rings is 1. The number of halogens is 1. The molecule has 1 amide bonds. The van der Waals surface area contributed by atoms with Crippen molar-refractivity contribution in [1.29, 1.82) is 0 Å². The van der Waals surface area contributed by atoms with Crippen LogP contribution in [0, 0.1) is 12.7 Å². The average Bonchev–Trinajstić information content (AvgIpc) is 3.34. The number of nitrogens with zero attached hydrogens (tertiary/aromatic N) is 4. The van der Waals surface area contributed by atoms with Gasteiger partial charge < -0.3 is 14.5 Å². The van der Waals surface area contributed by atoms with Gasteiger partial charge in [-0.2, -0.15) is 5.10 Å². The number of carbonyl (C=O) groups is 1. The van der Waals surface area contributed by atoms with Gasteiger partial charge in [-0.3, -0.25) is 0 Å². The van der Waals surface area contributed by atoms with E-state index in [0.29, 0.717) is 6.04 Å². The van der Waals surface area contributed by atoms with Gasteiger partial charge in [-0.15, -0.1) is 0 Å². The molecule has 0 aromatic carbocycles. The number of carbonyl (C=O) groups excluding carboxylic acids is 1. The van der Waals surface area contributed by atoms with Crippen LogP contribution >= 0.6 is 0 Å². The summed E-state index contributed by atoms with van der Waals surface area (Å²) in [5.74, 6) is -0.291. The van der Waals surface area contributed by atoms with Gasteiger partial charge in [0, 0.05) is 31.2 Å². The maximum Gasteiger partial charge on any atom is 0.410 e. The number of piperidine rings is 1. The number of hydrogen-bond acceptors (Lipinski definition) is 4. The summed E-state index contributed by atoms with van der Waals surface area (Å²) in [6, 6.07) is 4.06. The van der Waals surface area contributed by atoms with Crippen LogP contribution < -0.4 is 4.90 Å². The molecule has 28 heavy (non-hydrogen) atoms. The molecule has 1 aliphatic carbocycles. The minimum Gasteiger partial charge on any atom is -0.444 e. The van der Waals surface area contributed by atoms with Crippen molar-refractivity contribution >= 4 is 17.3 Å². The predicted octanol–water partition coefficient (Wildman–Crippen LogP) is 4.15. The number of amides is 1. The number of anilines is 1. The van der Waals surface area contributed by atoms with Crippen LogP contribution in [-0.4, -0.2) is 51.4 Å². The molecule has 1 saturated carbocycles. The van der Waals surface area contributed by atoms with Crippen LogP contribution in [0.2, 0.25) is 0 Å². The molecular weight excluding hydrogens is 359 g/mol. The topological polar surface area (TPSA) is 50.1 Å². The number of rotatable bonds is 3. The third kappa shape index (κ3) is 3.93. The summed E-state index contributed by atoms with van der Waals surface area (Å²) in [4.78, 5) is 16.9. The lowest BCUT2D eigenvalue weighted by Crippen LogP contribution is -2.50. The van der Waals surface area contributed by atoms with Gasteiger partial charge in [-0.05, 0) is 59.4 Å². The van der Waals surface area contributed by atoms with E-state index >= 15 is 0 Å². The van der Waals surface area contributed by atoms with E-state index in [9.17, 15) is 9.18 Å². The Labute approximate surface area is 165 Å². The first-order chi connectivity index (χ1) is 13.2. The molecule has 152 valence electrons. The van der Waals surface area contributed by atoms with E-state index in [1.54, 1.807) is 10.6 Å². The number of aryl methyl sites for hydroxylation is 1. The maximum absolute atomic E-state index is 14.1. The first-order valence-electron chi connectivity index (χ1n) is 10.1. The highest BCUT2D eigenvalue weighted by Crippen LogP contribution is 2.35. The van der Waals surface area contributed by atoms with E-state index in [2.05, 4.69) is 10.00 Å². The minimum atomic E-state index is -0.488. The van der Waals surface area contributed by atoms with E-state index in [4.69, 9.17) is 4.74 Å². The second-order valence-corrected chi connectivity index (χ2v) is 9.00. The SMILES string of the molecule is Cc1cc2c(N3CCC(N(C(=O)OC(C)(C)C)C4CC4)CC3)cc(F)cn2n1. The van der Waals surface area contributed by atoms with E-state index in [1.165, 1.54) is 6.20 Å². The minimum absolute atomic E-state index is 0.176. The Morgan fingerprint density at radius 3 is 2.43 bits per heavy atom. The van der Waals surface area contributed by atoms with Gasteiger partial charge in [0.1, 0.15) is 11.4 Å². The molecule has 6 nitrogen and oxygen atoms in total. The molecule has 0 unspecified atom stereocenters. The van der Waals surface area contributed by atoms with Crippen LogP contribution in [0.25, 0.3) is 5.52 Å². The molecule has 3 heterocycles. The third-order valence-electron chi connectivity index (χ3n) is 5.38. The van der Waals surface area contributed by atoms with E-state index in [1.807, 2.05) is 38.7 Å². The van der Waals surface area contributed by atoms with Crippen LogP contribution in [0.1, 0.15) is 52.1 Å². The highest BCUT2D eigenvalue weighted by Gasteiger charge is 2.40. The zero-order valence-electron chi connectivity index (χ0n) is 17.1. The molecule has 2 aromatic rings. The molecule has 0 N–H and O–H groups in total. The Kier molecular flexibility index (Phi) is 4.71. The fraction of sp³-hybridized carbons (Fsp3) is 0.619. The van der Waals surface area contributed by atoms with Gasteiger partial charge >= 0.3 is 6.09 Å². The Morgan fingerprint density at radius 2 is 1.82 bits per heavy atom. The summed E-state index contributed by atoms with van der Waals surface area (Å²) >= 11 is 0. The second-order valence-electron chi connectivity index (χ2n) is 9.00. The van der Waals surface area contributed by atoms with Gasteiger partial charge in [-0.25, -0.2) is 13.7 Å². The van der Waals surface area contributed by atoms with Crippen LogP contribution in [0.15, 0.2) is 18.3 Å². The zero-order chi connectivity index (χ0) is 20.1. The molecule has 0 bridgehead atoms. The monoisotopic (exact) mass is 388 g/mol. The Morgan fingerprint density at radius 1 is 1.18 bits per heavy atom. The first-order valence-corrected chi connectivity index (χ1v) is 10.1. The smallest absolute Gasteiger partial charge is 0.410 e. The second kappa shape index (κ2) is 6.94. The lowest BCUT2D eigenvalue weighted by Gasteiger charge is -2.40. The Balaban J connectivity index is 1.49. The van der Waals surface area contributed by atoms with Gasteiger partial charge in [0.2, 0.25) is 0 Å². The largest absolute Gasteiger partial charge is 0.444 e. The molecular formula is C21H29FN4O2. The molecule has 2 aliphatic rings. The standard InChI is InChI=1S/C21H29FN4O2/c1-14-11-19-18(12-15(22)13-25(19)23-14)24-9-7-17(8-10-24)26(16-5-6-16)20(27)28-21(2,3)4/h11-13,16-17H,5-10H2,1-4H3. The summed E-state index contributed by atoms with van der Waals surface area (Å²) in [7, 11) is 0. The summed E-state index contributed by atoms with van der Waals surface area (Å²) in [5, 5.41) is 4.34. The van der Waals surface area contributed by atoms with Crippen LogP contribution in [0.5, 0.6) is 0 Å². The Bertz CT molecular complexity index is 876. The van der Waals surface area contributed by atoms with Gasteiger partial charge in [0.25, 0.3) is 0 Å². The molecule has 1 saturated heterocycles. The van der Waals surface area contributed by atoms with Crippen molar-refractivity contribution in [2.75, 3.05) is 18.0 Å². The van der Waals surface area contributed by atoms with E-state index < -0.39 is 5.60 Å². The molecule has 2 aromatic heterocycles. The predicted molar refractivity (Wildman–Crippen MR) is 106 cm³/mol. The molecule has 0 atom stereocenters. The highest BCUT2D eigenvalue weighted by atomic mass is 19.1. The highest BCUT2D eigenvalue weighted by molar-refractivity contribution is 5.74. The van der Waals surface area contributed by atoms with Crippen molar-refractivity contribution in [3.8, 4) is 0 Å². The summed E-state index contributed by atoms with van der Waals surface area (Å²) in [5.41, 5.74) is 2.17. The van der Waals surface area contributed by atoms with Crippen molar-refractivity contribution in [1.82, 2.24) is 14.5 Å². The van der Waals surface area contributed by atoms with Gasteiger partial charge in [0.05, 0.1) is 23.1 Å².